The highest BCUT2D eigenvalue weighted by Crippen LogP contribution is 2.29. The zero-order valence-corrected chi connectivity index (χ0v) is 15.1. The van der Waals surface area contributed by atoms with Crippen molar-refractivity contribution in [2.75, 3.05) is 39.5 Å². The molecule has 0 bridgehead atoms. The molecule has 1 aromatic carbocycles. The average molecular weight is 354 g/mol. The molecule has 4 nitrogen and oxygen atoms in total. The van der Waals surface area contributed by atoms with Crippen LogP contribution in [0.1, 0.15) is 37.7 Å². The van der Waals surface area contributed by atoms with Gasteiger partial charge in [0.05, 0.1) is 5.02 Å². The lowest BCUT2D eigenvalue weighted by Gasteiger charge is -2.31. The van der Waals surface area contributed by atoms with E-state index < -0.39 is 5.60 Å². The van der Waals surface area contributed by atoms with Crippen LogP contribution >= 0.6 is 11.6 Å². The molecule has 0 atom stereocenters. The van der Waals surface area contributed by atoms with Gasteiger partial charge in [0.1, 0.15) is 18.0 Å². The van der Waals surface area contributed by atoms with Crippen LogP contribution in [0, 0.1) is 0 Å². The highest BCUT2D eigenvalue weighted by molar-refractivity contribution is 6.32. The Hall–Kier alpha value is -0.810. The van der Waals surface area contributed by atoms with Gasteiger partial charge in [-0.2, -0.15) is 0 Å². The summed E-state index contributed by atoms with van der Waals surface area (Å²) in [5.41, 5.74) is 0.445. The molecule has 134 valence electrons. The van der Waals surface area contributed by atoms with E-state index in [1.165, 1.54) is 38.0 Å². The number of rotatable bonds is 7. The van der Waals surface area contributed by atoms with E-state index in [-0.39, 0.29) is 6.61 Å². The van der Waals surface area contributed by atoms with Crippen molar-refractivity contribution in [1.82, 2.24) is 4.90 Å². The van der Waals surface area contributed by atoms with Gasteiger partial charge in [-0.25, -0.2) is 0 Å². The fourth-order valence-corrected chi connectivity index (χ4v) is 3.61. The number of aliphatic hydroxyl groups is 1. The summed E-state index contributed by atoms with van der Waals surface area (Å²) in [6, 6.07) is 5.99. The van der Waals surface area contributed by atoms with Crippen molar-refractivity contribution in [3.8, 4) is 5.75 Å². The minimum absolute atomic E-state index is 0.271. The maximum Gasteiger partial charge on any atom is 0.138 e. The number of likely N-dealkylation sites (tertiary alicyclic amines) is 1. The summed E-state index contributed by atoms with van der Waals surface area (Å²) in [6.45, 7) is 5.11. The summed E-state index contributed by atoms with van der Waals surface area (Å²) in [4.78, 5) is 2.54. The van der Waals surface area contributed by atoms with E-state index in [0.29, 0.717) is 36.8 Å². The number of ether oxygens (including phenoxy) is 2. The number of hydrogen-bond donors (Lipinski definition) is 1. The van der Waals surface area contributed by atoms with Gasteiger partial charge in [0.2, 0.25) is 0 Å². The Morgan fingerprint density at radius 3 is 2.71 bits per heavy atom. The maximum absolute atomic E-state index is 10.5. The summed E-state index contributed by atoms with van der Waals surface area (Å²) in [7, 11) is 0. The van der Waals surface area contributed by atoms with Crippen LogP contribution in [0.3, 0.4) is 0 Å². The zero-order valence-electron chi connectivity index (χ0n) is 14.3. The lowest BCUT2D eigenvalue weighted by Crippen LogP contribution is -2.41. The third-order valence-electron chi connectivity index (χ3n) is 5.05. The second-order valence-corrected chi connectivity index (χ2v) is 7.45. The van der Waals surface area contributed by atoms with Crippen molar-refractivity contribution >= 4 is 11.6 Å². The van der Waals surface area contributed by atoms with Gasteiger partial charge in [0.15, 0.2) is 0 Å². The van der Waals surface area contributed by atoms with E-state index in [1.54, 1.807) is 0 Å². The van der Waals surface area contributed by atoms with Crippen LogP contribution in [0.15, 0.2) is 18.2 Å². The minimum atomic E-state index is -0.798. The van der Waals surface area contributed by atoms with Gasteiger partial charge in [0.25, 0.3) is 0 Å². The topological polar surface area (TPSA) is 41.9 Å². The Morgan fingerprint density at radius 2 is 1.96 bits per heavy atom. The van der Waals surface area contributed by atoms with Gasteiger partial charge in [-0.3, -0.25) is 0 Å². The highest BCUT2D eigenvalue weighted by atomic mass is 35.5. The molecule has 24 heavy (non-hydrogen) atoms. The minimum Gasteiger partial charge on any atom is -0.489 e. The Bertz CT molecular complexity index is 525. The van der Waals surface area contributed by atoms with E-state index in [4.69, 9.17) is 21.1 Å². The third-order valence-corrected chi connectivity index (χ3v) is 5.37. The molecule has 0 radical (unpaired) electrons. The summed E-state index contributed by atoms with van der Waals surface area (Å²) in [6.07, 6.45) is 6.09. The number of benzene rings is 1. The molecule has 2 fully saturated rings. The molecule has 0 spiro atoms. The Balaban J connectivity index is 1.51. The molecule has 0 saturated carbocycles. The van der Waals surface area contributed by atoms with E-state index >= 15 is 0 Å². The number of aryl methyl sites for hydroxylation is 1. The quantitative estimate of drug-likeness (QED) is 0.816. The Labute approximate surface area is 149 Å². The van der Waals surface area contributed by atoms with Crippen LogP contribution in [0.25, 0.3) is 0 Å². The Kier molecular flexibility index (Phi) is 6.39. The molecule has 2 heterocycles. The van der Waals surface area contributed by atoms with Crippen molar-refractivity contribution in [2.45, 2.75) is 44.1 Å². The van der Waals surface area contributed by atoms with Crippen LogP contribution in [0.5, 0.6) is 5.75 Å². The van der Waals surface area contributed by atoms with Gasteiger partial charge in [-0.05, 0) is 63.0 Å². The van der Waals surface area contributed by atoms with Crippen molar-refractivity contribution in [3.63, 3.8) is 0 Å². The number of nitrogens with zero attached hydrogens (tertiary/aromatic N) is 1. The molecule has 2 aliphatic rings. The van der Waals surface area contributed by atoms with Gasteiger partial charge < -0.3 is 19.5 Å². The first-order chi connectivity index (χ1) is 11.6. The normalized spacial score (nSPS) is 21.1. The molecule has 0 aromatic heterocycles. The van der Waals surface area contributed by atoms with Crippen LogP contribution < -0.4 is 4.74 Å². The van der Waals surface area contributed by atoms with Crippen molar-refractivity contribution in [2.24, 2.45) is 0 Å². The fourth-order valence-electron chi connectivity index (χ4n) is 3.43. The maximum atomic E-state index is 10.5. The number of hydrogen-bond acceptors (Lipinski definition) is 4. The van der Waals surface area contributed by atoms with Gasteiger partial charge in [-0.15, -0.1) is 0 Å². The molecular formula is C19H28ClNO3. The summed E-state index contributed by atoms with van der Waals surface area (Å²) < 4.78 is 11.2. The molecule has 2 aliphatic heterocycles. The molecule has 2 saturated heterocycles. The summed E-state index contributed by atoms with van der Waals surface area (Å²) in [5, 5.41) is 11.1. The molecular weight excluding hydrogens is 326 g/mol. The predicted octanol–water partition coefficient (Wildman–Crippen LogP) is 3.29. The highest BCUT2D eigenvalue weighted by Gasteiger charge is 2.30. The predicted molar refractivity (Wildman–Crippen MR) is 95.9 cm³/mol. The summed E-state index contributed by atoms with van der Waals surface area (Å²) in [5.74, 6) is 0.676. The standard InChI is InChI=1S/C19H28ClNO3/c20-17-6-5-16(4-3-11-21-9-1-2-10-21)14-18(17)24-15-19(22)7-12-23-13-8-19/h5-6,14,22H,1-4,7-13,15H2. The van der Waals surface area contributed by atoms with Crippen LogP contribution in [0.4, 0.5) is 0 Å². The number of halogens is 1. The largest absolute Gasteiger partial charge is 0.489 e. The van der Waals surface area contributed by atoms with E-state index in [9.17, 15) is 5.11 Å². The first-order valence-electron chi connectivity index (χ1n) is 9.08. The third kappa shape index (κ3) is 5.09. The van der Waals surface area contributed by atoms with Gasteiger partial charge in [0, 0.05) is 26.1 Å². The molecule has 1 aromatic rings. The SMILES string of the molecule is OC1(COc2cc(CCCN3CCCC3)ccc2Cl)CCOCC1. The molecule has 5 heteroatoms. The van der Waals surface area contributed by atoms with E-state index in [0.717, 1.165) is 12.8 Å². The van der Waals surface area contributed by atoms with Gasteiger partial charge in [-0.1, -0.05) is 17.7 Å². The Morgan fingerprint density at radius 1 is 1.21 bits per heavy atom. The molecule has 0 unspecified atom stereocenters. The average Bonchev–Trinajstić information content (AvgIpc) is 3.09. The van der Waals surface area contributed by atoms with E-state index in [1.807, 2.05) is 12.1 Å². The first-order valence-corrected chi connectivity index (χ1v) is 9.46. The van der Waals surface area contributed by atoms with Crippen LogP contribution in [-0.2, 0) is 11.2 Å². The molecule has 1 N–H and O–H groups in total. The van der Waals surface area contributed by atoms with E-state index in [2.05, 4.69) is 11.0 Å². The van der Waals surface area contributed by atoms with Gasteiger partial charge >= 0.3 is 0 Å². The van der Waals surface area contributed by atoms with Crippen LogP contribution in [0.2, 0.25) is 5.02 Å². The fraction of sp³-hybridized carbons (Fsp3) is 0.684. The second-order valence-electron chi connectivity index (χ2n) is 7.04. The molecule has 0 amide bonds. The lowest BCUT2D eigenvalue weighted by molar-refractivity contribution is -0.0855. The molecule has 0 aliphatic carbocycles. The van der Waals surface area contributed by atoms with Crippen molar-refractivity contribution < 1.29 is 14.6 Å². The monoisotopic (exact) mass is 353 g/mol. The first kappa shape index (κ1) is 18.0. The van der Waals surface area contributed by atoms with Crippen molar-refractivity contribution in [1.29, 1.82) is 0 Å². The summed E-state index contributed by atoms with van der Waals surface area (Å²) >= 11 is 6.26. The van der Waals surface area contributed by atoms with Crippen molar-refractivity contribution in [3.05, 3.63) is 28.8 Å². The second kappa shape index (κ2) is 8.52. The zero-order chi connectivity index (χ0) is 16.8. The van der Waals surface area contributed by atoms with Crippen LogP contribution in [-0.4, -0.2) is 55.1 Å². The lowest BCUT2D eigenvalue weighted by atomic mass is 9.96. The smallest absolute Gasteiger partial charge is 0.138 e. The molecule has 3 rings (SSSR count).